The number of halogens is 1. The van der Waals surface area contributed by atoms with Crippen molar-refractivity contribution in [1.29, 1.82) is 0 Å². The molecule has 0 radical (unpaired) electrons. The summed E-state index contributed by atoms with van der Waals surface area (Å²) in [5.41, 5.74) is 3.76. The normalized spacial score (nSPS) is 10.5. The lowest BCUT2D eigenvalue weighted by molar-refractivity contribution is -0.139. The number of rotatable bonds is 6. The Morgan fingerprint density at radius 1 is 1.16 bits per heavy atom. The van der Waals surface area contributed by atoms with Gasteiger partial charge in [0.1, 0.15) is 12.4 Å². The Morgan fingerprint density at radius 3 is 2.64 bits per heavy atom. The number of nitrogens with one attached hydrogen (secondary N) is 2. The highest BCUT2D eigenvalue weighted by Gasteiger charge is 2.10. The lowest BCUT2D eigenvalue weighted by atomic mass is 10.2. The van der Waals surface area contributed by atoms with Crippen LogP contribution >= 0.6 is 11.6 Å². The number of benzene rings is 2. The van der Waals surface area contributed by atoms with Gasteiger partial charge >= 0.3 is 11.8 Å². The maximum absolute atomic E-state index is 11.5. The second-order valence-electron chi connectivity index (χ2n) is 5.02. The van der Waals surface area contributed by atoms with E-state index in [1.54, 1.807) is 25.1 Å². The van der Waals surface area contributed by atoms with Gasteiger partial charge in [0.05, 0.1) is 6.21 Å². The van der Waals surface area contributed by atoms with Crippen LogP contribution in [0.2, 0.25) is 5.02 Å². The van der Waals surface area contributed by atoms with Crippen molar-refractivity contribution in [3.05, 3.63) is 64.7 Å². The third kappa shape index (κ3) is 5.93. The first-order valence-corrected chi connectivity index (χ1v) is 8.05. The SMILES string of the molecule is CCNC(=O)C(=O)N/N=C\c1cc(Cl)ccc1OCc1ccccc1. The summed E-state index contributed by atoms with van der Waals surface area (Å²) in [7, 11) is 0. The molecule has 2 aromatic carbocycles. The molecule has 130 valence electrons. The van der Waals surface area contributed by atoms with E-state index in [0.29, 0.717) is 29.5 Å². The van der Waals surface area contributed by atoms with Crippen LogP contribution in [0.1, 0.15) is 18.1 Å². The van der Waals surface area contributed by atoms with Gasteiger partial charge in [0.15, 0.2) is 0 Å². The molecule has 25 heavy (non-hydrogen) atoms. The molecule has 0 fully saturated rings. The van der Waals surface area contributed by atoms with Crippen molar-refractivity contribution in [2.24, 2.45) is 5.10 Å². The maximum Gasteiger partial charge on any atom is 0.329 e. The quantitative estimate of drug-likeness (QED) is 0.472. The molecule has 0 heterocycles. The highest BCUT2D eigenvalue weighted by Crippen LogP contribution is 2.22. The number of hydrazone groups is 1. The number of carbonyl (C=O) groups excluding carboxylic acids is 2. The molecule has 0 aliphatic heterocycles. The van der Waals surface area contributed by atoms with Crippen molar-refractivity contribution >= 4 is 29.6 Å². The minimum absolute atomic E-state index is 0.363. The maximum atomic E-state index is 11.5. The fraction of sp³-hybridized carbons (Fsp3) is 0.167. The highest BCUT2D eigenvalue weighted by atomic mass is 35.5. The predicted molar refractivity (Wildman–Crippen MR) is 96.6 cm³/mol. The average Bonchev–Trinajstić information content (AvgIpc) is 2.62. The van der Waals surface area contributed by atoms with E-state index in [4.69, 9.17) is 16.3 Å². The zero-order valence-electron chi connectivity index (χ0n) is 13.7. The van der Waals surface area contributed by atoms with Crippen LogP contribution in [0.4, 0.5) is 0 Å². The molecule has 0 saturated heterocycles. The summed E-state index contributed by atoms with van der Waals surface area (Å²) in [6, 6.07) is 14.8. The van der Waals surface area contributed by atoms with Crippen molar-refractivity contribution in [3.8, 4) is 5.75 Å². The number of hydrogen-bond donors (Lipinski definition) is 2. The number of nitrogens with zero attached hydrogens (tertiary/aromatic N) is 1. The van der Waals surface area contributed by atoms with Gasteiger partial charge in [-0.1, -0.05) is 41.9 Å². The molecule has 0 bridgehead atoms. The molecule has 0 aliphatic rings. The first-order valence-electron chi connectivity index (χ1n) is 7.67. The molecule has 0 saturated carbocycles. The second-order valence-corrected chi connectivity index (χ2v) is 5.45. The topological polar surface area (TPSA) is 79.8 Å². The standard InChI is InChI=1S/C18H18ClN3O3/c1-2-20-17(23)18(24)22-21-11-14-10-15(19)8-9-16(14)25-12-13-6-4-3-5-7-13/h3-11H,2,12H2,1H3,(H,20,23)(H,22,24)/b21-11-. The van der Waals surface area contributed by atoms with Crippen molar-refractivity contribution < 1.29 is 14.3 Å². The fourth-order valence-electron chi connectivity index (χ4n) is 1.94. The molecule has 2 aromatic rings. The molecule has 6 nitrogen and oxygen atoms in total. The smallest absolute Gasteiger partial charge is 0.329 e. The number of amides is 2. The van der Waals surface area contributed by atoms with Gasteiger partial charge < -0.3 is 10.1 Å². The lowest BCUT2D eigenvalue weighted by Gasteiger charge is -2.09. The third-order valence-electron chi connectivity index (χ3n) is 3.12. The van der Waals surface area contributed by atoms with E-state index in [1.807, 2.05) is 30.3 Å². The number of likely N-dealkylation sites (N-methyl/N-ethyl adjacent to an activating group) is 1. The van der Waals surface area contributed by atoms with Gasteiger partial charge in [-0.3, -0.25) is 9.59 Å². The van der Waals surface area contributed by atoms with Crippen LogP contribution in [0.3, 0.4) is 0 Å². The van der Waals surface area contributed by atoms with E-state index in [0.717, 1.165) is 5.56 Å². The molecule has 0 aliphatic carbocycles. The molecule has 0 spiro atoms. The monoisotopic (exact) mass is 359 g/mol. The molecular formula is C18H18ClN3O3. The van der Waals surface area contributed by atoms with Gasteiger partial charge in [-0.05, 0) is 30.7 Å². The first kappa shape index (κ1) is 18.5. The van der Waals surface area contributed by atoms with Gasteiger partial charge in [-0.25, -0.2) is 5.43 Å². The summed E-state index contributed by atoms with van der Waals surface area (Å²) in [6.07, 6.45) is 1.38. The summed E-state index contributed by atoms with van der Waals surface area (Å²) in [6.45, 7) is 2.47. The third-order valence-corrected chi connectivity index (χ3v) is 3.36. The molecule has 7 heteroatoms. The summed E-state index contributed by atoms with van der Waals surface area (Å²) >= 11 is 6.00. The van der Waals surface area contributed by atoms with Crippen LogP contribution in [0, 0.1) is 0 Å². The summed E-state index contributed by atoms with van der Waals surface area (Å²) in [4.78, 5) is 22.8. The van der Waals surface area contributed by atoms with Gasteiger partial charge in [0, 0.05) is 17.1 Å². The highest BCUT2D eigenvalue weighted by molar-refractivity contribution is 6.35. The molecule has 0 aromatic heterocycles. The Hall–Kier alpha value is -2.86. The molecular weight excluding hydrogens is 342 g/mol. The van der Waals surface area contributed by atoms with Crippen LogP contribution in [-0.2, 0) is 16.2 Å². The van der Waals surface area contributed by atoms with Crippen LogP contribution in [0.5, 0.6) is 5.75 Å². The molecule has 0 atom stereocenters. The zero-order chi connectivity index (χ0) is 18.1. The average molecular weight is 360 g/mol. The van der Waals surface area contributed by atoms with E-state index in [2.05, 4.69) is 15.8 Å². The Bertz CT molecular complexity index is 763. The van der Waals surface area contributed by atoms with Gasteiger partial charge in [-0.2, -0.15) is 5.10 Å². The van der Waals surface area contributed by atoms with E-state index in [1.165, 1.54) is 6.21 Å². The van der Waals surface area contributed by atoms with Crippen LogP contribution in [0.25, 0.3) is 0 Å². The van der Waals surface area contributed by atoms with Crippen molar-refractivity contribution in [2.75, 3.05) is 6.54 Å². The van der Waals surface area contributed by atoms with Crippen LogP contribution < -0.4 is 15.5 Å². The van der Waals surface area contributed by atoms with Gasteiger partial charge in [0.2, 0.25) is 0 Å². The van der Waals surface area contributed by atoms with Crippen molar-refractivity contribution in [2.45, 2.75) is 13.5 Å². The van der Waals surface area contributed by atoms with Crippen molar-refractivity contribution in [3.63, 3.8) is 0 Å². The molecule has 2 rings (SSSR count). The number of ether oxygens (including phenoxy) is 1. The van der Waals surface area contributed by atoms with Gasteiger partial charge in [0.25, 0.3) is 0 Å². The summed E-state index contributed by atoms with van der Waals surface area (Å²) in [5.74, 6) is -1.03. The van der Waals surface area contributed by atoms with E-state index in [-0.39, 0.29) is 0 Å². The Morgan fingerprint density at radius 2 is 1.92 bits per heavy atom. The van der Waals surface area contributed by atoms with Crippen LogP contribution in [-0.4, -0.2) is 24.6 Å². The number of hydrogen-bond acceptors (Lipinski definition) is 4. The van der Waals surface area contributed by atoms with Crippen molar-refractivity contribution in [1.82, 2.24) is 10.7 Å². The minimum Gasteiger partial charge on any atom is -0.488 e. The Kier molecular flexibility index (Phi) is 6.98. The van der Waals surface area contributed by atoms with E-state index in [9.17, 15) is 9.59 Å². The second kappa shape index (κ2) is 9.44. The van der Waals surface area contributed by atoms with Crippen LogP contribution in [0.15, 0.2) is 53.6 Å². The van der Waals surface area contributed by atoms with Gasteiger partial charge in [-0.15, -0.1) is 0 Å². The Balaban J connectivity index is 2.04. The van der Waals surface area contributed by atoms with E-state index >= 15 is 0 Å². The summed E-state index contributed by atoms with van der Waals surface area (Å²) in [5, 5.41) is 6.66. The minimum atomic E-state index is -0.841. The first-order chi connectivity index (χ1) is 12.1. The summed E-state index contributed by atoms with van der Waals surface area (Å²) < 4.78 is 5.78. The molecule has 2 amide bonds. The lowest BCUT2D eigenvalue weighted by Crippen LogP contribution is -2.37. The largest absolute Gasteiger partial charge is 0.488 e. The number of carbonyl (C=O) groups is 2. The molecule has 2 N–H and O–H groups in total. The zero-order valence-corrected chi connectivity index (χ0v) is 14.4. The Labute approximate surface area is 150 Å². The fourth-order valence-corrected chi connectivity index (χ4v) is 2.12. The predicted octanol–water partition coefficient (Wildman–Crippen LogP) is 2.51. The molecule has 0 unspecified atom stereocenters. The van der Waals surface area contributed by atoms with E-state index < -0.39 is 11.8 Å².